The van der Waals surface area contributed by atoms with Crippen molar-refractivity contribution >= 4 is 38.2 Å². The SMILES string of the molecule is C1=CCCC(c2cc(-n3c4cc5c(cc4c4c6ccccc6ccc43)Oc3ccccc3O5)nc(-c3ccccc3)n2)=C1. The average Bonchev–Trinajstić information content (AvgIpc) is 3.40. The second kappa shape index (κ2) is 9.43. The van der Waals surface area contributed by atoms with E-state index in [1.165, 1.54) is 16.3 Å². The van der Waals surface area contributed by atoms with E-state index in [1.807, 2.05) is 42.5 Å². The highest BCUT2D eigenvalue weighted by atomic mass is 16.6. The fourth-order valence-corrected chi connectivity index (χ4v) is 6.30. The van der Waals surface area contributed by atoms with E-state index in [2.05, 4.69) is 89.5 Å². The highest BCUT2D eigenvalue weighted by Gasteiger charge is 2.24. The van der Waals surface area contributed by atoms with Crippen molar-refractivity contribution < 1.29 is 9.47 Å². The minimum atomic E-state index is 0.678. The quantitative estimate of drug-likeness (QED) is 0.218. The summed E-state index contributed by atoms with van der Waals surface area (Å²) in [6.07, 6.45) is 8.43. The van der Waals surface area contributed by atoms with Crippen molar-refractivity contribution in [3.63, 3.8) is 0 Å². The lowest BCUT2D eigenvalue weighted by molar-refractivity contribution is 0.360. The number of allylic oxidation sites excluding steroid dienone is 4. The Morgan fingerprint density at radius 3 is 2.21 bits per heavy atom. The summed E-state index contributed by atoms with van der Waals surface area (Å²) in [6.45, 7) is 0. The molecule has 0 unspecified atom stereocenters. The molecule has 0 radical (unpaired) electrons. The predicted molar refractivity (Wildman–Crippen MR) is 172 cm³/mol. The third-order valence-corrected chi connectivity index (χ3v) is 8.33. The maximum atomic E-state index is 6.38. The molecular formula is C38H25N3O2. The van der Waals surface area contributed by atoms with E-state index >= 15 is 0 Å². The molecule has 7 aromatic rings. The van der Waals surface area contributed by atoms with Crippen LogP contribution in [0.5, 0.6) is 23.0 Å². The first kappa shape index (κ1) is 24.0. The van der Waals surface area contributed by atoms with Gasteiger partial charge in [0.1, 0.15) is 5.82 Å². The molecule has 43 heavy (non-hydrogen) atoms. The minimum absolute atomic E-state index is 0.678. The summed E-state index contributed by atoms with van der Waals surface area (Å²) in [5, 5.41) is 4.59. The summed E-state index contributed by atoms with van der Waals surface area (Å²) in [6, 6.07) is 37.2. The Hall–Kier alpha value is -5.68. The first-order valence-corrected chi connectivity index (χ1v) is 14.6. The third kappa shape index (κ3) is 3.86. The van der Waals surface area contributed by atoms with Crippen LogP contribution < -0.4 is 9.47 Å². The summed E-state index contributed by atoms with van der Waals surface area (Å²) in [5.74, 6) is 4.31. The van der Waals surface area contributed by atoms with Gasteiger partial charge >= 0.3 is 0 Å². The van der Waals surface area contributed by atoms with E-state index in [9.17, 15) is 0 Å². The van der Waals surface area contributed by atoms with E-state index in [4.69, 9.17) is 19.4 Å². The summed E-state index contributed by atoms with van der Waals surface area (Å²) < 4.78 is 15.0. The Kier molecular flexibility index (Phi) is 5.26. The smallest absolute Gasteiger partial charge is 0.172 e. The van der Waals surface area contributed by atoms with E-state index in [0.29, 0.717) is 28.8 Å². The highest BCUT2D eigenvalue weighted by Crippen LogP contribution is 2.49. The molecule has 0 spiro atoms. The fourth-order valence-electron chi connectivity index (χ4n) is 6.30. The number of ether oxygens (including phenoxy) is 2. The zero-order valence-corrected chi connectivity index (χ0v) is 23.2. The molecule has 0 atom stereocenters. The molecule has 5 aromatic carbocycles. The van der Waals surface area contributed by atoms with Crippen molar-refractivity contribution in [1.29, 1.82) is 0 Å². The molecule has 0 saturated heterocycles. The lowest BCUT2D eigenvalue weighted by Crippen LogP contribution is -2.05. The Balaban J connectivity index is 1.37. The van der Waals surface area contributed by atoms with Crippen LogP contribution in [-0.2, 0) is 0 Å². The first-order valence-electron chi connectivity index (χ1n) is 14.6. The van der Waals surface area contributed by atoms with Gasteiger partial charge in [0.05, 0.1) is 16.7 Å². The van der Waals surface area contributed by atoms with Gasteiger partial charge in [0.15, 0.2) is 28.8 Å². The van der Waals surface area contributed by atoms with Gasteiger partial charge in [-0.1, -0.05) is 91.0 Å². The molecule has 3 heterocycles. The second-order valence-electron chi connectivity index (χ2n) is 10.9. The van der Waals surface area contributed by atoms with Crippen molar-refractivity contribution in [3.8, 4) is 40.2 Å². The monoisotopic (exact) mass is 555 g/mol. The van der Waals surface area contributed by atoms with Gasteiger partial charge in [-0.15, -0.1) is 0 Å². The van der Waals surface area contributed by atoms with Gasteiger partial charge in [0.2, 0.25) is 0 Å². The molecule has 9 rings (SSSR count). The molecule has 0 N–H and O–H groups in total. The highest BCUT2D eigenvalue weighted by molar-refractivity contribution is 6.21. The number of para-hydroxylation sites is 2. The molecule has 1 aliphatic carbocycles. The summed E-state index contributed by atoms with van der Waals surface area (Å²) in [4.78, 5) is 10.3. The second-order valence-corrected chi connectivity index (χ2v) is 10.9. The van der Waals surface area contributed by atoms with Crippen LogP contribution in [0.4, 0.5) is 0 Å². The molecule has 0 fully saturated rings. The van der Waals surface area contributed by atoms with Crippen molar-refractivity contribution in [2.75, 3.05) is 0 Å². The standard InChI is InChI=1S/C38H25N3O2/c1-3-12-25(13-4-1)29-22-36(40-38(39-29)26-14-5-2-6-15-26)41-30-20-19-24-11-7-8-16-27(24)37(30)28-21-34-35(23-31(28)41)43-33-18-10-9-17-32(33)42-34/h1-3,5-12,14-23H,4,13H2. The average molecular weight is 556 g/mol. The minimum Gasteiger partial charge on any atom is -0.449 e. The Morgan fingerprint density at radius 2 is 1.40 bits per heavy atom. The van der Waals surface area contributed by atoms with Gasteiger partial charge in [-0.2, -0.15) is 0 Å². The zero-order chi connectivity index (χ0) is 28.3. The molecule has 2 aromatic heterocycles. The van der Waals surface area contributed by atoms with Crippen LogP contribution in [-0.4, -0.2) is 14.5 Å². The van der Waals surface area contributed by atoms with Crippen LogP contribution in [0.1, 0.15) is 18.5 Å². The number of benzene rings is 5. The fraction of sp³-hybridized carbons (Fsp3) is 0.0526. The number of rotatable bonds is 3. The van der Waals surface area contributed by atoms with E-state index in [0.717, 1.165) is 51.7 Å². The van der Waals surface area contributed by atoms with Crippen molar-refractivity contribution in [3.05, 3.63) is 133 Å². The maximum absolute atomic E-state index is 6.38. The van der Waals surface area contributed by atoms with Crippen LogP contribution in [0.15, 0.2) is 127 Å². The topological polar surface area (TPSA) is 49.2 Å². The largest absolute Gasteiger partial charge is 0.449 e. The van der Waals surface area contributed by atoms with Gasteiger partial charge < -0.3 is 9.47 Å². The van der Waals surface area contributed by atoms with Crippen LogP contribution in [0, 0.1) is 0 Å². The number of hydrogen-bond acceptors (Lipinski definition) is 4. The lowest BCUT2D eigenvalue weighted by atomic mass is 10.0. The normalized spacial score (nSPS) is 13.8. The van der Waals surface area contributed by atoms with E-state index < -0.39 is 0 Å². The Labute approximate surface area is 248 Å². The molecule has 1 aliphatic heterocycles. The van der Waals surface area contributed by atoms with Crippen LogP contribution in [0.3, 0.4) is 0 Å². The Morgan fingerprint density at radius 1 is 0.628 bits per heavy atom. The van der Waals surface area contributed by atoms with Gasteiger partial charge in [-0.3, -0.25) is 4.57 Å². The number of fused-ring (bicyclic) bond motifs is 7. The molecule has 0 amide bonds. The van der Waals surface area contributed by atoms with Crippen molar-refractivity contribution in [2.45, 2.75) is 12.8 Å². The first-order chi connectivity index (χ1) is 21.3. The van der Waals surface area contributed by atoms with E-state index in [1.54, 1.807) is 0 Å². The number of nitrogens with zero attached hydrogens (tertiary/aromatic N) is 3. The molecule has 0 bridgehead atoms. The predicted octanol–water partition coefficient (Wildman–Crippen LogP) is 10.0. The summed E-state index contributed by atoms with van der Waals surface area (Å²) in [7, 11) is 0. The van der Waals surface area contributed by atoms with Crippen LogP contribution in [0.2, 0.25) is 0 Å². The molecule has 204 valence electrons. The van der Waals surface area contributed by atoms with Crippen molar-refractivity contribution in [2.24, 2.45) is 0 Å². The number of aromatic nitrogens is 3. The molecule has 0 saturated carbocycles. The van der Waals surface area contributed by atoms with Crippen LogP contribution >= 0.6 is 0 Å². The number of hydrogen-bond donors (Lipinski definition) is 0. The van der Waals surface area contributed by atoms with Gasteiger partial charge in [0, 0.05) is 28.5 Å². The van der Waals surface area contributed by atoms with E-state index in [-0.39, 0.29) is 0 Å². The van der Waals surface area contributed by atoms with Gasteiger partial charge in [-0.05, 0) is 53.5 Å². The Bertz CT molecular complexity index is 2300. The molecule has 2 aliphatic rings. The van der Waals surface area contributed by atoms with Crippen LogP contribution in [0.25, 0.3) is 55.4 Å². The van der Waals surface area contributed by atoms with Crippen molar-refractivity contribution in [1.82, 2.24) is 14.5 Å². The summed E-state index contributed by atoms with van der Waals surface area (Å²) in [5.41, 5.74) is 5.19. The maximum Gasteiger partial charge on any atom is 0.172 e. The zero-order valence-electron chi connectivity index (χ0n) is 23.2. The molecule has 5 nitrogen and oxygen atoms in total. The van der Waals surface area contributed by atoms with Gasteiger partial charge in [-0.25, -0.2) is 9.97 Å². The summed E-state index contributed by atoms with van der Waals surface area (Å²) >= 11 is 0. The molecule has 5 heteroatoms. The third-order valence-electron chi connectivity index (χ3n) is 8.33. The molecular weight excluding hydrogens is 530 g/mol. The van der Waals surface area contributed by atoms with Gasteiger partial charge in [0.25, 0.3) is 0 Å². The lowest BCUT2D eigenvalue weighted by Gasteiger charge is -2.21.